The fourth-order valence-electron chi connectivity index (χ4n) is 2.81. The van der Waals surface area contributed by atoms with E-state index in [1.807, 2.05) is 6.07 Å². The molecule has 0 spiro atoms. The number of rotatable bonds is 5. The zero-order chi connectivity index (χ0) is 16.1. The number of hydrogen-bond acceptors (Lipinski definition) is 4. The zero-order valence-electron chi connectivity index (χ0n) is 13.3. The Morgan fingerprint density at radius 3 is 2.87 bits per heavy atom. The van der Waals surface area contributed by atoms with E-state index in [0.717, 1.165) is 19.6 Å². The normalized spacial score (nSPS) is 18.7. The summed E-state index contributed by atoms with van der Waals surface area (Å²) in [5.74, 6) is 0.526. The molecule has 1 N–H and O–H groups in total. The van der Waals surface area contributed by atoms with E-state index >= 15 is 0 Å². The molecule has 5 nitrogen and oxygen atoms in total. The monoisotopic (exact) mass is 314 g/mol. The molecule has 122 valence electrons. The smallest absolute Gasteiger partial charge is 0.254 e. The van der Waals surface area contributed by atoms with Crippen LogP contribution in [0.25, 0.3) is 0 Å². The summed E-state index contributed by atoms with van der Waals surface area (Å²) < 4.78 is 10.9. The number of amides is 1. The minimum atomic E-state index is -0.111. The van der Waals surface area contributed by atoms with Crippen molar-refractivity contribution >= 4 is 5.91 Å². The van der Waals surface area contributed by atoms with Gasteiger partial charge in [0.2, 0.25) is 0 Å². The van der Waals surface area contributed by atoms with Crippen molar-refractivity contribution in [2.45, 2.75) is 19.6 Å². The maximum atomic E-state index is 12.1. The minimum absolute atomic E-state index is 0.0172. The molecule has 1 fully saturated rings. The first-order valence-electron chi connectivity index (χ1n) is 7.92. The quantitative estimate of drug-likeness (QED) is 0.919. The van der Waals surface area contributed by atoms with Crippen molar-refractivity contribution in [2.24, 2.45) is 0 Å². The van der Waals surface area contributed by atoms with Crippen LogP contribution in [0.1, 0.15) is 21.7 Å². The van der Waals surface area contributed by atoms with Crippen molar-refractivity contribution in [3.8, 4) is 0 Å². The highest BCUT2D eigenvalue weighted by Crippen LogP contribution is 2.11. The van der Waals surface area contributed by atoms with Gasteiger partial charge in [0, 0.05) is 26.2 Å². The fourth-order valence-corrected chi connectivity index (χ4v) is 2.81. The Bertz CT molecular complexity index is 639. The standard InChI is InChI=1S/C18H22N2O3/c1-14-17(7-9-22-14)18(21)19-11-16-13-20(8-10-23-16)12-15-5-3-2-4-6-15/h2-7,9,16H,8,10-13H2,1H3,(H,19,21). The lowest BCUT2D eigenvalue weighted by molar-refractivity contribution is -0.0292. The SMILES string of the molecule is Cc1occc1C(=O)NCC1CN(Cc2ccccc2)CCO1. The maximum Gasteiger partial charge on any atom is 0.254 e. The lowest BCUT2D eigenvalue weighted by Crippen LogP contribution is -2.47. The molecule has 2 aromatic rings. The summed E-state index contributed by atoms with van der Waals surface area (Å²) in [4.78, 5) is 14.5. The molecule has 1 aromatic heterocycles. The van der Waals surface area contributed by atoms with Gasteiger partial charge in [0.15, 0.2) is 0 Å². The van der Waals surface area contributed by atoms with Crippen LogP contribution in [0.4, 0.5) is 0 Å². The van der Waals surface area contributed by atoms with Gasteiger partial charge in [0.05, 0.1) is 24.5 Å². The molecule has 2 heterocycles. The van der Waals surface area contributed by atoms with Crippen LogP contribution in [0.15, 0.2) is 47.1 Å². The first kappa shape index (κ1) is 15.8. The second-order valence-corrected chi connectivity index (χ2v) is 5.81. The second kappa shape index (κ2) is 7.44. The fraction of sp³-hybridized carbons (Fsp3) is 0.389. The van der Waals surface area contributed by atoms with E-state index in [1.54, 1.807) is 13.0 Å². The van der Waals surface area contributed by atoms with Crippen LogP contribution in [0, 0.1) is 6.92 Å². The summed E-state index contributed by atoms with van der Waals surface area (Å²) in [6.45, 7) is 5.63. The molecule has 1 aliphatic heterocycles. The van der Waals surface area contributed by atoms with Gasteiger partial charge >= 0.3 is 0 Å². The van der Waals surface area contributed by atoms with E-state index in [4.69, 9.17) is 9.15 Å². The van der Waals surface area contributed by atoms with E-state index in [9.17, 15) is 4.79 Å². The van der Waals surface area contributed by atoms with Crippen LogP contribution in [-0.2, 0) is 11.3 Å². The van der Waals surface area contributed by atoms with E-state index in [2.05, 4.69) is 34.5 Å². The predicted octanol–water partition coefficient (Wildman–Crippen LogP) is 2.22. The number of nitrogens with one attached hydrogen (secondary N) is 1. The van der Waals surface area contributed by atoms with Crippen molar-refractivity contribution in [1.29, 1.82) is 0 Å². The van der Waals surface area contributed by atoms with Crippen molar-refractivity contribution in [3.05, 3.63) is 59.5 Å². The van der Waals surface area contributed by atoms with Gasteiger partial charge in [-0.3, -0.25) is 9.69 Å². The third-order valence-electron chi connectivity index (χ3n) is 4.07. The first-order valence-corrected chi connectivity index (χ1v) is 7.92. The molecule has 1 aromatic carbocycles. The number of ether oxygens (including phenoxy) is 1. The molecule has 0 aliphatic carbocycles. The molecular formula is C18H22N2O3. The lowest BCUT2D eigenvalue weighted by atomic mass is 10.2. The minimum Gasteiger partial charge on any atom is -0.469 e. The average molecular weight is 314 g/mol. The number of morpholine rings is 1. The van der Waals surface area contributed by atoms with E-state index in [0.29, 0.717) is 24.5 Å². The van der Waals surface area contributed by atoms with E-state index in [1.165, 1.54) is 11.8 Å². The highest BCUT2D eigenvalue weighted by molar-refractivity contribution is 5.95. The number of carbonyl (C=O) groups excluding carboxylic acids is 1. The number of nitrogens with zero attached hydrogens (tertiary/aromatic N) is 1. The number of benzene rings is 1. The molecule has 0 bridgehead atoms. The van der Waals surface area contributed by atoms with Gasteiger partial charge in [-0.05, 0) is 18.6 Å². The van der Waals surface area contributed by atoms with Gasteiger partial charge in [0.1, 0.15) is 5.76 Å². The van der Waals surface area contributed by atoms with E-state index < -0.39 is 0 Å². The molecule has 1 atom stereocenters. The Kier molecular flexibility index (Phi) is 5.10. The van der Waals surface area contributed by atoms with Crippen molar-refractivity contribution in [1.82, 2.24) is 10.2 Å². The van der Waals surface area contributed by atoms with Gasteiger partial charge in [-0.2, -0.15) is 0 Å². The van der Waals surface area contributed by atoms with Crippen LogP contribution < -0.4 is 5.32 Å². The number of carbonyl (C=O) groups is 1. The third-order valence-corrected chi connectivity index (χ3v) is 4.07. The Labute approximate surface area is 136 Å². The molecule has 1 saturated heterocycles. The topological polar surface area (TPSA) is 54.7 Å². The molecular weight excluding hydrogens is 292 g/mol. The molecule has 3 rings (SSSR count). The molecule has 0 saturated carbocycles. The summed E-state index contributed by atoms with van der Waals surface area (Å²) in [7, 11) is 0. The Morgan fingerprint density at radius 1 is 1.30 bits per heavy atom. The molecule has 1 aliphatic rings. The highest BCUT2D eigenvalue weighted by atomic mass is 16.5. The summed E-state index contributed by atoms with van der Waals surface area (Å²) >= 11 is 0. The van der Waals surface area contributed by atoms with E-state index in [-0.39, 0.29) is 12.0 Å². The lowest BCUT2D eigenvalue weighted by Gasteiger charge is -2.33. The summed E-state index contributed by atoms with van der Waals surface area (Å²) in [5.41, 5.74) is 1.88. The van der Waals surface area contributed by atoms with Crippen LogP contribution in [0.3, 0.4) is 0 Å². The van der Waals surface area contributed by atoms with Gasteiger partial charge < -0.3 is 14.5 Å². The average Bonchev–Trinajstić information content (AvgIpc) is 3.00. The second-order valence-electron chi connectivity index (χ2n) is 5.81. The van der Waals surface area contributed by atoms with Crippen molar-refractivity contribution in [3.63, 3.8) is 0 Å². The third kappa shape index (κ3) is 4.21. The van der Waals surface area contributed by atoms with Crippen LogP contribution >= 0.6 is 0 Å². The molecule has 5 heteroatoms. The largest absolute Gasteiger partial charge is 0.469 e. The zero-order valence-corrected chi connectivity index (χ0v) is 13.3. The molecule has 0 radical (unpaired) electrons. The molecule has 1 unspecified atom stereocenters. The molecule has 23 heavy (non-hydrogen) atoms. The number of hydrogen-bond donors (Lipinski definition) is 1. The van der Waals surface area contributed by atoms with Crippen LogP contribution in [-0.4, -0.2) is 43.2 Å². The van der Waals surface area contributed by atoms with Gasteiger partial charge in [-0.1, -0.05) is 30.3 Å². The highest BCUT2D eigenvalue weighted by Gasteiger charge is 2.21. The number of aryl methyl sites for hydroxylation is 1. The molecule has 1 amide bonds. The summed E-state index contributed by atoms with van der Waals surface area (Å²) in [5, 5.41) is 2.93. The summed E-state index contributed by atoms with van der Waals surface area (Å²) in [6.07, 6.45) is 1.55. The van der Waals surface area contributed by atoms with Gasteiger partial charge in [-0.25, -0.2) is 0 Å². The van der Waals surface area contributed by atoms with Gasteiger partial charge in [-0.15, -0.1) is 0 Å². The predicted molar refractivity (Wildman–Crippen MR) is 87.2 cm³/mol. The number of furan rings is 1. The van der Waals surface area contributed by atoms with Crippen LogP contribution in [0.2, 0.25) is 0 Å². The summed E-state index contributed by atoms with van der Waals surface area (Å²) in [6, 6.07) is 12.1. The van der Waals surface area contributed by atoms with Crippen molar-refractivity contribution in [2.75, 3.05) is 26.2 Å². The van der Waals surface area contributed by atoms with Crippen LogP contribution in [0.5, 0.6) is 0 Å². The first-order chi connectivity index (χ1) is 11.2. The van der Waals surface area contributed by atoms with Gasteiger partial charge in [0.25, 0.3) is 5.91 Å². The maximum absolute atomic E-state index is 12.1. The van der Waals surface area contributed by atoms with Crippen molar-refractivity contribution < 1.29 is 13.9 Å². The Morgan fingerprint density at radius 2 is 2.13 bits per heavy atom. The Hall–Kier alpha value is -2.11. The Balaban J connectivity index is 1.49.